The molecule has 1 aromatic heterocycles. The van der Waals surface area contributed by atoms with Crippen molar-refractivity contribution in [1.29, 1.82) is 0 Å². The Morgan fingerprint density at radius 1 is 0.923 bits per heavy atom. The molecule has 0 aromatic carbocycles. The standard InChI is InChI=1S/C5H10N2O7P2.2C2H8N2.2Pt/c8-5(15(9,10)11,16(12,13)14)3-7-2-1-6-4-7;2*3-1-2-4;;/h1-2,4,8H,3H2,(H2,9,10,11)(H2,12,13,14);2*1-4H2;;/q;;;2*+2/p-4. The van der Waals surface area contributed by atoms with Crippen molar-refractivity contribution in [2.24, 2.45) is 22.9 Å². The first kappa shape index (κ1) is 34.2. The van der Waals surface area contributed by atoms with Crippen LogP contribution in [0.15, 0.2) is 18.7 Å². The molecule has 0 aliphatic rings. The second-order valence-electron chi connectivity index (χ2n) is 4.16. The number of aliphatic hydroxyl groups is 1. The van der Waals surface area contributed by atoms with Gasteiger partial charge in [-0.15, -0.1) is 0 Å². The van der Waals surface area contributed by atoms with Gasteiger partial charge in [-0.3, -0.25) is 0 Å². The summed E-state index contributed by atoms with van der Waals surface area (Å²) in [6.07, 6.45) is 3.20. The van der Waals surface area contributed by atoms with E-state index in [1.54, 1.807) is 0 Å². The van der Waals surface area contributed by atoms with Gasteiger partial charge in [-0.1, -0.05) is 0 Å². The molecule has 0 aliphatic carbocycles. The Morgan fingerprint density at radius 2 is 1.27 bits per heavy atom. The van der Waals surface area contributed by atoms with Crippen LogP contribution < -0.4 is 42.5 Å². The molecule has 17 heteroatoms. The molecule has 1 aromatic rings. The van der Waals surface area contributed by atoms with Crippen LogP contribution in [0.2, 0.25) is 0 Å². The van der Waals surface area contributed by atoms with Gasteiger partial charge in [0.15, 0.2) is 0 Å². The molecule has 26 heavy (non-hydrogen) atoms. The SMILES string of the molecule is NCCN.NCCN.O=P([O-])([O-])C(O)(Cn1ccnc1)P(=O)([O-])[O-].[Pt+2].[Pt+2]. The van der Waals surface area contributed by atoms with E-state index in [9.17, 15) is 33.8 Å². The number of nitrogens with two attached hydrogens (primary N) is 4. The molecule has 13 nitrogen and oxygen atoms in total. The van der Waals surface area contributed by atoms with E-state index in [0.29, 0.717) is 26.2 Å². The first-order valence-electron chi connectivity index (χ1n) is 6.44. The first-order valence-corrected chi connectivity index (χ1v) is 9.52. The quantitative estimate of drug-likeness (QED) is 0.169. The predicted molar refractivity (Wildman–Crippen MR) is 78.6 cm³/mol. The third-order valence-electron chi connectivity index (χ3n) is 2.16. The van der Waals surface area contributed by atoms with Crippen molar-refractivity contribution in [2.75, 3.05) is 26.2 Å². The number of imidazole rings is 1. The van der Waals surface area contributed by atoms with Gasteiger partial charge in [0.25, 0.3) is 0 Å². The predicted octanol–water partition coefficient (Wildman–Crippen LogP) is -5.84. The summed E-state index contributed by atoms with van der Waals surface area (Å²) in [5, 5.41) is 5.34. The molecule has 1 rings (SSSR count). The van der Waals surface area contributed by atoms with E-state index in [0.717, 1.165) is 23.3 Å². The van der Waals surface area contributed by atoms with Gasteiger partial charge in [-0.05, 0) is 15.2 Å². The first-order chi connectivity index (χ1) is 10.9. The van der Waals surface area contributed by atoms with Crippen LogP contribution in [0.25, 0.3) is 0 Å². The van der Waals surface area contributed by atoms with Crippen molar-refractivity contribution in [2.45, 2.75) is 11.6 Å². The maximum Gasteiger partial charge on any atom is 2.00 e. The maximum absolute atomic E-state index is 10.6. The molecule has 0 saturated heterocycles. The molecule has 0 spiro atoms. The topological polar surface area (TPSA) is 269 Å². The van der Waals surface area contributed by atoms with Crippen molar-refractivity contribution < 1.29 is 75.9 Å². The van der Waals surface area contributed by atoms with Crippen LogP contribution in [0.4, 0.5) is 0 Å². The molecule has 0 bridgehead atoms. The maximum atomic E-state index is 10.6. The van der Waals surface area contributed by atoms with Gasteiger partial charge in [-0.25, -0.2) is 4.98 Å². The Hall–Kier alpha value is 0.687. The van der Waals surface area contributed by atoms with Crippen LogP contribution in [-0.4, -0.2) is 45.9 Å². The summed E-state index contributed by atoms with van der Waals surface area (Å²) in [5.41, 5.74) is 19.6. The molecular weight excluding hydrogens is 756 g/mol. The third kappa shape index (κ3) is 13.0. The smallest absolute Gasteiger partial charge is 0.808 e. The average Bonchev–Trinajstić information content (AvgIpc) is 2.98. The zero-order valence-corrected chi connectivity index (χ0v) is 19.7. The third-order valence-corrected chi connectivity index (χ3v) is 5.67. The van der Waals surface area contributed by atoms with Crippen LogP contribution in [0.1, 0.15) is 0 Å². The van der Waals surface area contributed by atoms with Crippen LogP contribution in [0, 0.1) is 0 Å². The van der Waals surface area contributed by atoms with Crippen molar-refractivity contribution in [1.82, 2.24) is 9.55 Å². The molecule has 0 amide bonds. The summed E-state index contributed by atoms with van der Waals surface area (Å²) in [6, 6.07) is 0. The molecule has 0 atom stereocenters. The zero-order chi connectivity index (χ0) is 19.4. The van der Waals surface area contributed by atoms with E-state index in [1.807, 2.05) is 0 Å². The van der Waals surface area contributed by atoms with E-state index in [2.05, 4.69) is 4.98 Å². The van der Waals surface area contributed by atoms with Gasteiger partial charge < -0.3 is 61.3 Å². The normalized spacial score (nSPS) is 11.0. The van der Waals surface area contributed by atoms with Crippen molar-refractivity contribution in [3.63, 3.8) is 0 Å². The van der Waals surface area contributed by atoms with Crippen molar-refractivity contribution >= 4 is 15.2 Å². The summed E-state index contributed by atoms with van der Waals surface area (Å²) in [6.45, 7) is 1.18. The zero-order valence-electron chi connectivity index (χ0n) is 13.4. The fourth-order valence-electron chi connectivity index (χ4n) is 0.948. The van der Waals surface area contributed by atoms with Crippen LogP contribution in [0.3, 0.4) is 0 Å². The minimum atomic E-state index is -6.03. The van der Waals surface area contributed by atoms with E-state index in [4.69, 9.17) is 22.9 Å². The van der Waals surface area contributed by atoms with Gasteiger partial charge in [0.05, 0.1) is 12.9 Å². The number of hydrogen-bond donors (Lipinski definition) is 5. The molecular formula is C9H22N6O7P2Pt2. The van der Waals surface area contributed by atoms with Gasteiger partial charge in [-0.2, -0.15) is 0 Å². The summed E-state index contributed by atoms with van der Waals surface area (Å²) < 4.78 is 22.1. The van der Waals surface area contributed by atoms with Crippen molar-refractivity contribution in [3.8, 4) is 0 Å². The van der Waals surface area contributed by atoms with Gasteiger partial charge in [0.1, 0.15) is 5.08 Å². The summed E-state index contributed by atoms with van der Waals surface area (Å²) in [5.74, 6) is 0. The van der Waals surface area contributed by atoms with Crippen LogP contribution >= 0.6 is 15.2 Å². The molecule has 0 fully saturated rings. The second-order valence-corrected chi connectivity index (χ2v) is 7.98. The molecule has 9 N–H and O–H groups in total. The summed E-state index contributed by atoms with van der Waals surface area (Å²) >= 11 is 0. The Balaban J connectivity index is -0.000000206. The number of rotatable bonds is 6. The fraction of sp³-hybridized carbons (Fsp3) is 0.667. The number of aromatic nitrogens is 2. The molecule has 160 valence electrons. The average molecular weight is 778 g/mol. The molecule has 0 radical (unpaired) electrons. The van der Waals surface area contributed by atoms with Crippen LogP contribution in [-0.2, 0) is 57.8 Å². The minimum absolute atomic E-state index is 0. The summed E-state index contributed by atoms with van der Waals surface area (Å²) in [7, 11) is -12.1. The molecule has 0 aliphatic heterocycles. The molecule has 0 unspecified atom stereocenters. The number of hydrogen-bond acceptors (Lipinski definition) is 12. The van der Waals surface area contributed by atoms with Gasteiger partial charge >= 0.3 is 42.1 Å². The monoisotopic (exact) mass is 778 g/mol. The van der Waals surface area contributed by atoms with E-state index >= 15 is 0 Å². The van der Waals surface area contributed by atoms with E-state index < -0.39 is 26.8 Å². The van der Waals surface area contributed by atoms with Gasteiger partial charge in [0, 0.05) is 38.6 Å². The second kappa shape index (κ2) is 16.6. The van der Waals surface area contributed by atoms with Crippen LogP contribution in [0.5, 0.6) is 0 Å². The Kier molecular flexibility index (Phi) is 21.9. The van der Waals surface area contributed by atoms with Crippen molar-refractivity contribution in [3.05, 3.63) is 18.7 Å². The fourth-order valence-corrected chi connectivity index (χ4v) is 2.82. The Labute approximate surface area is 179 Å². The Morgan fingerprint density at radius 3 is 1.46 bits per heavy atom. The number of nitrogens with zero attached hydrogens (tertiary/aromatic N) is 2. The Bertz CT molecular complexity index is 497. The largest absolute Gasteiger partial charge is 2.00 e. The molecule has 1 heterocycles. The van der Waals surface area contributed by atoms with Gasteiger partial charge in [0.2, 0.25) is 0 Å². The minimum Gasteiger partial charge on any atom is -0.808 e. The molecule has 0 saturated carbocycles. The van der Waals surface area contributed by atoms with E-state index in [1.165, 1.54) is 0 Å². The van der Waals surface area contributed by atoms with E-state index in [-0.39, 0.29) is 42.1 Å². The summed E-state index contributed by atoms with van der Waals surface area (Å²) in [4.78, 5) is 46.0.